The highest BCUT2D eigenvalue weighted by Gasteiger charge is 2.20. The monoisotopic (exact) mass is 406 g/mol. The lowest BCUT2D eigenvalue weighted by molar-refractivity contribution is -0.890. The van der Waals surface area contributed by atoms with E-state index in [1.54, 1.807) is 7.11 Å². The molecule has 0 aromatic heterocycles. The van der Waals surface area contributed by atoms with E-state index in [1.165, 1.54) is 43.3 Å². The summed E-state index contributed by atoms with van der Waals surface area (Å²) in [7, 11) is 5.12. The van der Waals surface area contributed by atoms with Crippen LogP contribution in [0.15, 0.2) is 53.4 Å². The fourth-order valence-electron chi connectivity index (χ4n) is 2.78. The molecule has 0 radical (unpaired) electrons. The number of likely N-dealkylation sites (N-methyl/N-ethyl adjacent to an activating group) is 1. The van der Waals surface area contributed by atoms with Gasteiger partial charge in [-0.3, -0.25) is 4.79 Å². The summed E-state index contributed by atoms with van der Waals surface area (Å²) in [6.07, 6.45) is 0. The van der Waals surface area contributed by atoms with Crippen molar-refractivity contribution in [3.05, 3.63) is 59.7 Å². The second-order valence-corrected chi connectivity index (χ2v) is 9.08. The van der Waals surface area contributed by atoms with Crippen LogP contribution in [-0.2, 0) is 10.0 Å². The number of carbonyl (C=O) groups is 1. The van der Waals surface area contributed by atoms with Gasteiger partial charge in [0.15, 0.2) is 0 Å². The number of sulfonamides is 1. The summed E-state index contributed by atoms with van der Waals surface area (Å²) in [5.41, 5.74) is 1.51. The average molecular weight is 407 g/mol. The number of quaternary nitrogens is 1. The molecular weight excluding hydrogens is 378 g/mol. The molecule has 0 aliphatic heterocycles. The Hall–Kier alpha value is -2.42. The van der Waals surface area contributed by atoms with Crippen molar-refractivity contribution in [2.24, 2.45) is 0 Å². The smallest absolute Gasteiger partial charge is 0.251 e. The van der Waals surface area contributed by atoms with Crippen LogP contribution >= 0.6 is 0 Å². The second-order valence-electron chi connectivity index (χ2n) is 6.92. The summed E-state index contributed by atoms with van der Waals surface area (Å²) in [6.45, 7) is 0.450. The van der Waals surface area contributed by atoms with E-state index in [9.17, 15) is 13.2 Å². The van der Waals surface area contributed by atoms with E-state index in [1.807, 2.05) is 38.4 Å². The first-order valence-corrected chi connectivity index (χ1v) is 10.4. The summed E-state index contributed by atoms with van der Waals surface area (Å²) in [4.78, 5) is 13.8. The van der Waals surface area contributed by atoms with Gasteiger partial charge < -0.3 is 15.0 Å². The highest BCUT2D eigenvalue weighted by Crippen LogP contribution is 2.16. The number of nitrogens with zero attached hydrogens (tertiary/aromatic N) is 1. The van der Waals surface area contributed by atoms with Crippen molar-refractivity contribution < 1.29 is 22.8 Å². The third-order valence-corrected chi connectivity index (χ3v) is 6.41. The minimum Gasteiger partial charge on any atom is -0.497 e. The van der Waals surface area contributed by atoms with Crippen molar-refractivity contribution in [1.29, 1.82) is 0 Å². The zero-order chi connectivity index (χ0) is 20.9. The van der Waals surface area contributed by atoms with E-state index in [-0.39, 0.29) is 16.8 Å². The van der Waals surface area contributed by atoms with Gasteiger partial charge in [0.25, 0.3) is 5.91 Å². The van der Waals surface area contributed by atoms with Gasteiger partial charge in [-0.2, -0.15) is 0 Å². The first-order chi connectivity index (χ1) is 13.2. The third kappa shape index (κ3) is 5.09. The topological polar surface area (TPSA) is 80.1 Å². The van der Waals surface area contributed by atoms with Gasteiger partial charge in [0, 0.05) is 25.2 Å². The molecule has 2 N–H and O–H groups in total. The minimum absolute atomic E-state index is 0.0725. The lowest BCUT2D eigenvalue weighted by atomic mass is 10.1. The Labute approximate surface area is 167 Å². The summed E-state index contributed by atoms with van der Waals surface area (Å²) >= 11 is 0. The fraction of sp³-hybridized carbons (Fsp3) is 0.350. The largest absolute Gasteiger partial charge is 0.497 e. The lowest BCUT2D eigenvalue weighted by Gasteiger charge is -2.22. The molecule has 0 saturated carbocycles. The molecule has 2 aromatic carbocycles. The number of nitrogens with one attached hydrogen (secondary N) is 2. The van der Waals surface area contributed by atoms with Crippen LogP contribution in [0.25, 0.3) is 0 Å². The number of carbonyl (C=O) groups excluding carboxylic acids is 1. The van der Waals surface area contributed by atoms with Crippen molar-refractivity contribution in [3.8, 4) is 5.75 Å². The third-order valence-electron chi connectivity index (χ3n) is 4.58. The highest BCUT2D eigenvalue weighted by atomic mass is 32.2. The molecule has 0 fully saturated rings. The predicted octanol–water partition coefficient (Wildman–Crippen LogP) is 0.561. The molecule has 28 heavy (non-hydrogen) atoms. The van der Waals surface area contributed by atoms with E-state index in [0.717, 1.165) is 15.6 Å². The van der Waals surface area contributed by atoms with Crippen LogP contribution in [0.3, 0.4) is 0 Å². The van der Waals surface area contributed by atoms with Gasteiger partial charge in [0.05, 0.1) is 32.6 Å². The van der Waals surface area contributed by atoms with Gasteiger partial charge in [-0.1, -0.05) is 0 Å². The summed E-state index contributed by atoms with van der Waals surface area (Å²) in [5, 5.41) is 2.94. The van der Waals surface area contributed by atoms with Gasteiger partial charge in [-0.25, -0.2) is 12.7 Å². The van der Waals surface area contributed by atoms with Crippen LogP contribution in [-0.4, -0.2) is 60.5 Å². The molecule has 2 aromatic rings. The second kappa shape index (κ2) is 9.18. The summed E-state index contributed by atoms with van der Waals surface area (Å²) in [5.74, 6) is 0.543. The van der Waals surface area contributed by atoms with Crippen LogP contribution in [0.1, 0.15) is 22.0 Å². The minimum atomic E-state index is -3.51. The standard InChI is InChI=1S/C20H27N3O4S/c1-22(2)19(15-6-10-17(27-5)11-7-15)14-21-20(24)16-8-12-18(13-9-16)28(25,26)23(3)4/h6-13,19H,14H2,1-5H3,(H,21,24)/p+1/t19-/m1/s1. The number of rotatable bonds is 8. The van der Waals surface area contributed by atoms with E-state index in [4.69, 9.17) is 4.74 Å². The zero-order valence-electron chi connectivity index (χ0n) is 16.9. The van der Waals surface area contributed by atoms with E-state index in [2.05, 4.69) is 5.32 Å². The quantitative estimate of drug-likeness (QED) is 0.671. The molecule has 2 rings (SSSR count). The summed E-state index contributed by atoms with van der Waals surface area (Å²) < 4.78 is 30.6. The predicted molar refractivity (Wildman–Crippen MR) is 108 cm³/mol. The van der Waals surface area contributed by atoms with Crippen LogP contribution in [0.5, 0.6) is 5.75 Å². The normalized spacial score (nSPS) is 12.8. The Morgan fingerprint density at radius 2 is 1.64 bits per heavy atom. The molecule has 7 nitrogen and oxygen atoms in total. The first-order valence-electron chi connectivity index (χ1n) is 8.91. The maximum absolute atomic E-state index is 12.5. The molecule has 0 saturated heterocycles. The van der Waals surface area contributed by atoms with Crippen molar-refractivity contribution in [2.45, 2.75) is 10.9 Å². The Balaban J connectivity index is 2.08. The number of benzene rings is 2. The van der Waals surface area contributed by atoms with Crippen LogP contribution in [0.4, 0.5) is 0 Å². The maximum Gasteiger partial charge on any atom is 0.251 e. The van der Waals surface area contributed by atoms with Gasteiger partial charge in [0.2, 0.25) is 10.0 Å². The number of hydrogen-bond acceptors (Lipinski definition) is 4. The highest BCUT2D eigenvalue weighted by molar-refractivity contribution is 7.89. The number of ether oxygens (including phenoxy) is 1. The zero-order valence-corrected chi connectivity index (χ0v) is 17.7. The molecule has 0 unspecified atom stereocenters. The van der Waals surface area contributed by atoms with Gasteiger partial charge >= 0.3 is 0 Å². The van der Waals surface area contributed by atoms with Crippen LogP contribution in [0.2, 0.25) is 0 Å². The molecular formula is C20H28N3O4S+. The molecule has 0 spiro atoms. The van der Waals surface area contributed by atoms with E-state index < -0.39 is 10.0 Å². The number of methoxy groups -OCH3 is 1. The number of amides is 1. The SMILES string of the molecule is COc1ccc([C@@H](CNC(=O)c2ccc(S(=O)(=O)N(C)C)cc2)[NH+](C)C)cc1. The molecule has 0 aliphatic rings. The Morgan fingerprint density at radius 1 is 1.07 bits per heavy atom. The fourth-order valence-corrected chi connectivity index (χ4v) is 3.68. The van der Waals surface area contributed by atoms with Gasteiger partial charge in [-0.05, 0) is 48.5 Å². The summed E-state index contributed by atoms with van der Waals surface area (Å²) in [6, 6.07) is 13.8. The lowest BCUT2D eigenvalue weighted by Crippen LogP contribution is -3.07. The Kier molecular flexibility index (Phi) is 7.17. The number of hydrogen-bond donors (Lipinski definition) is 2. The Bertz CT molecular complexity index is 892. The van der Waals surface area contributed by atoms with Crippen molar-refractivity contribution >= 4 is 15.9 Å². The van der Waals surface area contributed by atoms with Crippen molar-refractivity contribution in [1.82, 2.24) is 9.62 Å². The van der Waals surface area contributed by atoms with Crippen molar-refractivity contribution in [2.75, 3.05) is 41.8 Å². The van der Waals surface area contributed by atoms with Crippen molar-refractivity contribution in [3.63, 3.8) is 0 Å². The van der Waals surface area contributed by atoms with E-state index in [0.29, 0.717) is 12.1 Å². The average Bonchev–Trinajstić information content (AvgIpc) is 2.68. The molecule has 0 bridgehead atoms. The van der Waals surface area contributed by atoms with E-state index >= 15 is 0 Å². The molecule has 1 atom stereocenters. The maximum atomic E-state index is 12.5. The van der Waals surface area contributed by atoms with Crippen LogP contribution < -0.4 is 15.0 Å². The van der Waals surface area contributed by atoms with Gasteiger partial charge in [-0.15, -0.1) is 0 Å². The first kappa shape index (κ1) is 21.9. The molecule has 0 heterocycles. The van der Waals surface area contributed by atoms with Crippen LogP contribution in [0, 0.1) is 0 Å². The van der Waals surface area contributed by atoms with Gasteiger partial charge in [0.1, 0.15) is 11.8 Å². The Morgan fingerprint density at radius 3 is 2.11 bits per heavy atom. The molecule has 1 amide bonds. The molecule has 0 aliphatic carbocycles. The molecule has 152 valence electrons. The molecule has 8 heteroatoms.